The Morgan fingerprint density at radius 2 is 1.88 bits per heavy atom. The van der Waals surface area contributed by atoms with Crippen LogP contribution in [0.1, 0.15) is 27.1 Å². The Labute approximate surface area is 146 Å². The van der Waals surface area contributed by atoms with Crippen molar-refractivity contribution in [3.63, 3.8) is 0 Å². The highest BCUT2D eigenvalue weighted by Gasteiger charge is 2.13. The summed E-state index contributed by atoms with van der Waals surface area (Å²) in [6.45, 7) is 1.08. The second-order valence-corrected chi connectivity index (χ2v) is 5.55. The third-order valence-corrected chi connectivity index (χ3v) is 3.55. The largest absolute Gasteiger partial charge is 0.385 e. The number of nitrogens with one attached hydrogen (secondary N) is 2. The Bertz CT molecular complexity index is 719. The zero-order valence-electron chi connectivity index (χ0n) is 13.3. The lowest BCUT2D eigenvalue weighted by Gasteiger charge is -2.11. The van der Waals surface area contributed by atoms with Crippen LogP contribution in [0.2, 0.25) is 5.02 Å². The average Bonchev–Trinajstić information content (AvgIpc) is 2.59. The molecule has 126 valence electrons. The van der Waals surface area contributed by atoms with Crippen LogP contribution in [0, 0.1) is 0 Å². The van der Waals surface area contributed by atoms with Crippen molar-refractivity contribution in [3.8, 4) is 0 Å². The van der Waals surface area contributed by atoms with E-state index in [2.05, 4.69) is 10.6 Å². The van der Waals surface area contributed by atoms with Gasteiger partial charge in [-0.25, -0.2) is 0 Å². The summed E-state index contributed by atoms with van der Waals surface area (Å²) >= 11 is 5.90. The molecule has 2 N–H and O–H groups in total. The molecule has 0 fully saturated rings. The molecule has 0 aliphatic rings. The smallest absolute Gasteiger partial charge is 0.255 e. The third kappa shape index (κ3) is 5.08. The molecule has 0 spiro atoms. The first kappa shape index (κ1) is 18.0. The standard InChI is InChI=1S/C18H19ClN2O3/c1-24-11-5-10-20-18(23)15-8-2-3-9-16(15)21-17(22)13-6-4-7-14(19)12-13/h2-4,6-9,12H,5,10-11H2,1H3,(H,20,23)(H,21,22). The number of anilines is 1. The van der Waals surface area contributed by atoms with Gasteiger partial charge in [-0.1, -0.05) is 29.8 Å². The Morgan fingerprint density at radius 1 is 1.08 bits per heavy atom. The summed E-state index contributed by atoms with van der Waals surface area (Å²) in [5.41, 5.74) is 1.29. The zero-order chi connectivity index (χ0) is 17.4. The highest BCUT2D eigenvalue weighted by molar-refractivity contribution is 6.31. The van der Waals surface area contributed by atoms with E-state index in [-0.39, 0.29) is 11.8 Å². The topological polar surface area (TPSA) is 67.4 Å². The normalized spacial score (nSPS) is 10.2. The van der Waals surface area contributed by atoms with E-state index >= 15 is 0 Å². The highest BCUT2D eigenvalue weighted by atomic mass is 35.5. The monoisotopic (exact) mass is 346 g/mol. The minimum absolute atomic E-state index is 0.243. The number of hydrogen-bond acceptors (Lipinski definition) is 3. The molecule has 6 heteroatoms. The highest BCUT2D eigenvalue weighted by Crippen LogP contribution is 2.17. The molecule has 0 aliphatic carbocycles. The lowest BCUT2D eigenvalue weighted by Crippen LogP contribution is -2.26. The van der Waals surface area contributed by atoms with Gasteiger partial charge in [0.2, 0.25) is 0 Å². The van der Waals surface area contributed by atoms with E-state index in [4.69, 9.17) is 16.3 Å². The number of amides is 2. The fourth-order valence-electron chi connectivity index (χ4n) is 2.13. The molecule has 0 saturated heterocycles. The van der Waals surface area contributed by atoms with Gasteiger partial charge in [-0.3, -0.25) is 9.59 Å². The summed E-state index contributed by atoms with van der Waals surface area (Å²) < 4.78 is 4.95. The maximum atomic E-state index is 12.3. The van der Waals surface area contributed by atoms with Crippen LogP contribution in [0.15, 0.2) is 48.5 Å². The predicted molar refractivity (Wildman–Crippen MR) is 94.7 cm³/mol. The lowest BCUT2D eigenvalue weighted by atomic mass is 10.1. The van der Waals surface area contributed by atoms with Crippen LogP contribution in [-0.4, -0.2) is 32.1 Å². The number of benzene rings is 2. The van der Waals surface area contributed by atoms with Gasteiger partial charge < -0.3 is 15.4 Å². The molecule has 0 unspecified atom stereocenters. The summed E-state index contributed by atoms with van der Waals surface area (Å²) in [7, 11) is 1.61. The number of rotatable bonds is 7. The molecule has 0 atom stereocenters. The molecule has 0 radical (unpaired) electrons. The van der Waals surface area contributed by atoms with Gasteiger partial charge in [0.25, 0.3) is 11.8 Å². The molecule has 2 amide bonds. The van der Waals surface area contributed by atoms with E-state index < -0.39 is 0 Å². The van der Waals surface area contributed by atoms with Crippen molar-refractivity contribution in [2.75, 3.05) is 25.6 Å². The quantitative estimate of drug-likeness (QED) is 0.755. The molecule has 0 heterocycles. The van der Waals surface area contributed by atoms with Crippen molar-refractivity contribution < 1.29 is 14.3 Å². The maximum absolute atomic E-state index is 12.3. The number of methoxy groups -OCH3 is 1. The molecule has 0 bridgehead atoms. The van der Waals surface area contributed by atoms with Crippen molar-refractivity contribution >= 4 is 29.1 Å². The van der Waals surface area contributed by atoms with E-state index in [9.17, 15) is 9.59 Å². The molecule has 24 heavy (non-hydrogen) atoms. The van der Waals surface area contributed by atoms with Crippen LogP contribution in [-0.2, 0) is 4.74 Å². The molecule has 2 aromatic carbocycles. The molecular formula is C18H19ClN2O3. The zero-order valence-corrected chi connectivity index (χ0v) is 14.1. The van der Waals surface area contributed by atoms with Crippen LogP contribution < -0.4 is 10.6 Å². The molecule has 0 aromatic heterocycles. The number of para-hydroxylation sites is 1. The lowest BCUT2D eigenvalue weighted by molar-refractivity contribution is 0.0949. The number of carbonyl (C=O) groups excluding carboxylic acids is 2. The molecule has 0 aliphatic heterocycles. The first-order valence-corrected chi connectivity index (χ1v) is 7.92. The second-order valence-electron chi connectivity index (χ2n) is 5.11. The van der Waals surface area contributed by atoms with E-state index in [1.165, 1.54) is 0 Å². The van der Waals surface area contributed by atoms with Gasteiger partial charge in [0.1, 0.15) is 0 Å². The van der Waals surface area contributed by atoms with Crippen molar-refractivity contribution in [2.45, 2.75) is 6.42 Å². The fourth-order valence-corrected chi connectivity index (χ4v) is 2.32. The Balaban J connectivity index is 2.08. The minimum atomic E-state index is -0.322. The Hall–Kier alpha value is -2.37. The van der Waals surface area contributed by atoms with Crippen LogP contribution >= 0.6 is 11.6 Å². The van der Waals surface area contributed by atoms with Crippen LogP contribution in [0.4, 0.5) is 5.69 Å². The van der Waals surface area contributed by atoms with E-state index in [1.54, 1.807) is 55.6 Å². The third-order valence-electron chi connectivity index (χ3n) is 3.32. The molecular weight excluding hydrogens is 328 g/mol. The molecule has 2 rings (SSSR count). The maximum Gasteiger partial charge on any atom is 0.255 e. The van der Waals surface area contributed by atoms with Gasteiger partial charge in [-0.2, -0.15) is 0 Å². The molecule has 2 aromatic rings. The summed E-state index contributed by atoms with van der Waals surface area (Å²) in [5, 5.41) is 6.04. The van der Waals surface area contributed by atoms with Gasteiger partial charge in [-0.15, -0.1) is 0 Å². The predicted octanol–water partition coefficient (Wildman–Crippen LogP) is 3.36. The summed E-state index contributed by atoms with van der Waals surface area (Å²) in [5.74, 6) is -0.565. The summed E-state index contributed by atoms with van der Waals surface area (Å²) in [6.07, 6.45) is 0.722. The number of carbonyl (C=O) groups is 2. The molecule has 0 saturated carbocycles. The van der Waals surface area contributed by atoms with Crippen molar-refractivity contribution in [1.82, 2.24) is 5.32 Å². The number of halogens is 1. The van der Waals surface area contributed by atoms with Crippen molar-refractivity contribution in [3.05, 3.63) is 64.7 Å². The van der Waals surface area contributed by atoms with Gasteiger partial charge in [0.15, 0.2) is 0 Å². The van der Waals surface area contributed by atoms with Gasteiger partial charge in [0.05, 0.1) is 11.3 Å². The van der Waals surface area contributed by atoms with Crippen LogP contribution in [0.25, 0.3) is 0 Å². The van der Waals surface area contributed by atoms with Gasteiger partial charge in [0, 0.05) is 30.8 Å². The van der Waals surface area contributed by atoms with Crippen LogP contribution in [0.3, 0.4) is 0 Å². The van der Waals surface area contributed by atoms with E-state index in [1.807, 2.05) is 0 Å². The fraction of sp³-hybridized carbons (Fsp3) is 0.222. The van der Waals surface area contributed by atoms with Gasteiger partial charge in [-0.05, 0) is 36.8 Å². The number of ether oxygens (including phenoxy) is 1. The van der Waals surface area contributed by atoms with E-state index in [0.717, 1.165) is 6.42 Å². The summed E-state index contributed by atoms with van der Waals surface area (Å²) in [4.78, 5) is 24.6. The first-order valence-electron chi connectivity index (χ1n) is 7.55. The Morgan fingerprint density at radius 3 is 2.62 bits per heavy atom. The minimum Gasteiger partial charge on any atom is -0.385 e. The Kier molecular flexibility index (Phi) is 6.78. The van der Waals surface area contributed by atoms with Crippen LogP contribution in [0.5, 0.6) is 0 Å². The SMILES string of the molecule is COCCCNC(=O)c1ccccc1NC(=O)c1cccc(Cl)c1. The first-order chi connectivity index (χ1) is 11.6. The molecule has 5 nitrogen and oxygen atoms in total. The second kappa shape index (κ2) is 9.05. The number of hydrogen-bond donors (Lipinski definition) is 2. The van der Waals surface area contributed by atoms with Crippen molar-refractivity contribution in [1.29, 1.82) is 0 Å². The average molecular weight is 347 g/mol. The van der Waals surface area contributed by atoms with Gasteiger partial charge >= 0.3 is 0 Å². The van der Waals surface area contributed by atoms with E-state index in [0.29, 0.717) is 35.0 Å². The van der Waals surface area contributed by atoms with Crippen molar-refractivity contribution in [2.24, 2.45) is 0 Å². The summed E-state index contributed by atoms with van der Waals surface area (Å²) in [6, 6.07) is 13.5.